The summed E-state index contributed by atoms with van der Waals surface area (Å²) in [6, 6.07) is 1.60. The van der Waals surface area contributed by atoms with E-state index in [2.05, 4.69) is 20.2 Å². The number of thioether (sulfide) groups is 1. The minimum Gasteiger partial charge on any atom is -0.349 e. The molecule has 2 saturated heterocycles. The lowest BCUT2D eigenvalue weighted by Crippen LogP contribution is -3.19. The second-order valence-corrected chi connectivity index (χ2v) is 7.23. The molecule has 3 rings (SSSR count). The molecule has 0 saturated carbocycles. The number of nitrogens with zero attached hydrogens (tertiary/aromatic N) is 4. The molecule has 140 valence electrons. The van der Waals surface area contributed by atoms with Crippen LogP contribution in [-0.4, -0.2) is 83.0 Å². The Balaban J connectivity index is 1.41. The fraction of sp³-hybridized carbons (Fsp3) is 0.562. The Labute approximate surface area is 156 Å². The van der Waals surface area contributed by atoms with E-state index in [1.165, 1.54) is 9.80 Å². The fourth-order valence-corrected chi connectivity index (χ4v) is 3.86. The third-order valence-electron chi connectivity index (χ3n) is 4.72. The highest BCUT2D eigenvalue weighted by Gasteiger charge is 2.31. The first kappa shape index (κ1) is 18.6. The van der Waals surface area contributed by atoms with Gasteiger partial charge >= 0.3 is 0 Å². The first-order valence-electron chi connectivity index (χ1n) is 8.67. The molecule has 1 atom stereocenters. The van der Waals surface area contributed by atoms with Crippen LogP contribution in [0.1, 0.15) is 6.92 Å². The molecule has 0 spiro atoms. The van der Waals surface area contributed by atoms with E-state index < -0.39 is 0 Å². The number of nitrogens with one attached hydrogen (secondary N) is 2. The van der Waals surface area contributed by atoms with Gasteiger partial charge in [0.05, 0.1) is 31.9 Å². The maximum absolute atomic E-state index is 12.4. The van der Waals surface area contributed by atoms with E-state index in [-0.39, 0.29) is 35.4 Å². The number of aromatic nitrogens is 2. The molecule has 0 unspecified atom stereocenters. The molecule has 0 bridgehead atoms. The highest BCUT2D eigenvalue weighted by atomic mass is 32.2. The third kappa shape index (κ3) is 4.31. The molecule has 10 heteroatoms. The second-order valence-electron chi connectivity index (χ2n) is 6.31. The zero-order valence-corrected chi connectivity index (χ0v) is 15.5. The minimum atomic E-state index is -0.234. The van der Waals surface area contributed by atoms with Gasteiger partial charge in [-0.3, -0.25) is 19.3 Å². The summed E-state index contributed by atoms with van der Waals surface area (Å²) in [6.07, 6.45) is 3.46. The molecule has 0 aliphatic carbocycles. The molecule has 0 radical (unpaired) electrons. The van der Waals surface area contributed by atoms with E-state index >= 15 is 0 Å². The normalized spacial score (nSPS) is 19.7. The molecule has 2 aliphatic rings. The van der Waals surface area contributed by atoms with Crippen molar-refractivity contribution in [2.75, 3.05) is 49.9 Å². The van der Waals surface area contributed by atoms with E-state index in [0.29, 0.717) is 6.54 Å². The zero-order chi connectivity index (χ0) is 18.5. The lowest BCUT2D eigenvalue weighted by Gasteiger charge is -2.34. The number of imide groups is 1. The molecule has 9 nitrogen and oxygen atoms in total. The Morgan fingerprint density at radius 2 is 2.00 bits per heavy atom. The lowest BCUT2D eigenvalue weighted by atomic mass is 10.2. The van der Waals surface area contributed by atoms with Gasteiger partial charge in [-0.15, -0.1) is 0 Å². The largest absolute Gasteiger partial charge is 0.349 e. The second kappa shape index (κ2) is 8.45. The number of carbonyl (C=O) groups is 3. The van der Waals surface area contributed by atoms with Gasteiger partial charge < -0.3 is 15.1 Å². The molecule has 0 aromatic carbocycles. The molecule has 3 heterocycles. The fourth-order valence-electron chi connectivity index (χ4n) is 3.11. The summed E-state index contributed by atoms with van der Waals surface area (Å²) in [5.74, 6) is 0.674. The van der Waals surface area contributed by atoms with Crippen LogP contribution in [0.3, 0.4) is 0 Å². The maximum Gasteiger partial charge on any atom is 0.288 e. The minimum absolute atomic E-state index is 0.0591. The quantitative estimate of drug-likeness (QED) is 0.613. The van der Waals surface area contributed by atoms with E-state index in [1.807, 2.05) is 6.92 Å². The van der Waals surface area contributed by atoms with Crippen molar-refractivity contribution in [1.82, 2.24) is 20.2 Å². The number of rotatable bonds is 6. The van der Waals surface area contributed by atoms with Crippen LogP contribution in [0.15, 0.2) is 18.5 Å². The van der Waals surface area contributed by atoms with E-state index in [1.54, 1.807) is 18.5 Å². The smallest absolute Gasteiger partial charge is 0.288 e. The average Bonchev–Trinajstić information content (AvgIpc) is 3.00. The van der Waals surface area contributed by atoms with Crippen molar-refractivity contribution in [3.8, 4) is 0 Å². The maximum atomic E-state index is 12.4. The third-order valence-corrected chi connectivity index (χ3v) is 5.58. The molecule has 1 aromatic heterocycles. The summed E-state index contributed by atoms with van der Waals surface area (Å²) in [5.41, 5.74) is 0. The van der Waals surface area contributed by atoms with Crippen LogP contribution in [0.4, 0.5) is 10.7 Å². The molecular weight excluding hydrogens is 356 g/mol. The molecule has 2 N–H and O–H groups in total. The predicted octanol–water partition coefficient (Wildman–Crippen LogP) is -1.62. The number of quaternary nitrogens is 1. The van der Waals surface area contributed by atoms with Gasteiger partial charge in [0, 0.05) is 25.5 Å². The van der Waals surface area contributed by atoms with Gasteiger partial charge in [0.2, 0.25) is 11.9 Å². The van der Waals surface area contributed by atoms with Gasteiger partial charge in [-0.2, -0.15) is 0 Å². The van der Waals surface area contributed by atoms with Crippen molar-refractivity contribution in [3.05, 3.63) is 18.5 Å². The zero-order valence-electron chi connectivity index (χ0n) is 14.7. The van der Waals surface area contributed by atoms with Crippen molar-refractivity contribution >= 4 is 34.8 Å². The summed E-state index contributed by atoms with van der Waals surface area (Å²) in [5, 5.41) is 2.60. The van der Waals surface area contributed by atoms with Gasteiger partial charge in [-0.05, 0) is 13.0 Å². The highest BCUT2D eigenvalue weighted by molar-refractivity contribution is 8.14. The summed E-state index contributed by atoms with van der Waals surface area (Å²) < 4.78 is 0. The number of anilines is 1. The molecule has 1 aromatic rings. The first-order chi connectivity index (χ1) is 12.6. The van der Waals surface area contributed by atoms with Crippen LogP contribution in [-0.2, 0) is 9.59 Å². The van der Waals surface area contributed by atoms with Crippen LogP contribution in [0.2, 0.25) is 0 Å². The molecule has 26 heavy (non-hydrogen) atoms. The Morgan fingerprint density at radius 1 is 1.31 bits per heavy atom. The van der Waals surface area contributed by atoms with Crippen molar-refractivity contribution in [3.63, 3.8) is 0 Å². The van der Waals surface area contributed by atoms with Crippen LogP contribution < -0.4 is 15.1 Å². The van der Waals surface area contributed by atoms with E-state index in [4.69, 9.17) is 0 Å². The van der Waals surface area contributed by atoms with Gasteiger partial charge in [-0.25, -0.2) is 9.97 Å². The number of carbonyl (C=O) groups excluding carboxylic acids is 3. The summed E-state index contributed by atoms with van der Waals surface area (Å²) in [4.78, 5) is 48.5. The van der Waals surface area contributed by atoms with Crippen molar-refractivity contribution in [2.24, 2.45) is 0 Å². The van der Waals surface area contributed by atoms with Gasteiger partial charge in [0.25, 0.3) is 11.1 Å². The van der Waals surface area contributed by atoms with Crippen molar-refractivity contribution < 1.29 is 19.3 Å². The topological polar surface area (TPSA) is 99.9 Å². The number of hydrogen-bond donors (Lipinski definition) is 2. The molecule has 2 fully saturated rings. The number of hydrogen-bond acceptors (Lipinski definition) is 7. The lowest BCUT2D eigenvalue weighted by molar-refractivity contribution is -0.914. The van der Waals surface area contributed by atoms with Crippen LogP contribution in [0.5, 0.6) is 0 Å². The SMILES string of the molecule is C[C@H](C(=O)NCCN1C(=O)CSC1=O)[NH+]1CCN(c2ncccn2)CC1. The molecular formula is C16H23N6O3S+. The Morgan fingerprint density at radius 3 is 2.62 bits per heavy atom. The van der Waals surface area contributed by atoms with Crippen molar-refractivity contribution in [1.29, 1.82) is 0 Å². The Bertz CT molecular complexity index is 649. The summed E-state index contributed by atoms with van der Waals surface area (Å²) >= 11 is 1.01. The Hall–Kier alpha value is -2.20. The monoisotopic (exact) mass is 379 g/mol. The Kier molecular flexibility index (Phi) is 6.04. The van der Waals surface area contributed by atoms with E-state index in [0.717, 1.165) is 43.9 Å². The van der Waals surface area contributed by atoms with Crippen LogP contribution >= 0.6 is 11.8 Å². The van der Waals surface area contributed by atoms with Gasteiger partial charge in [0.1, 0.15) is 0 Å². The predicted molar refractivity (Wildman–Crippen MR) is 97.0 cm³/mol. The standard InChI is InChI=1S/C16H22N6O3S/c1-12(14(24)17-5-6-22-13(23)11-26-16(22)25)20-7-9-21(10-8-20)15-18-3-2-4-19-15/h2-4,12H,5-11H2,1H3,(H,17,24)/p+1/t12-/m1/s1. The number of amides is 3. The van der Waals surface area contributed by atoms with Crippen LogP contribution in [0.25, 0.3) is 0 Å². The van der Waals surface area contributed by atoms with E-state index in [9.17, 15) is 14.4 Å². The summed E-state index contributed by atoms with van der Waals surface area (Å²) in [6.45, 7) is 5.67. The average molecular weight is 379 g/mol. The molecule has 3 amide bonds. The highest BCUT2D eigenvalue weighted by Crippen LogP contribution is 2.17. The van der Waals surface area contributed by atoms with Crippen molar-refractivity contribution in [2.45, 2.75) is 13.0 Å². The first-order valence-corrected chi connectivity index (χ1v) is 9.66. The summed E-state index contributed by atoms with van der Waals surface area (Å²) in [7, 11) is 0. The van der Waals surface area contributed by atoms with Gasteiger partial charge in [0.15, 0.2) is 6.04 Å². The molecule has 2 aliphatic heterocycles. The van der Waals surface area contributed by atoms with Crippen LogP contribution in [0, 0.1) is 0 Å². The number of piperazine rings is 1. The van der Waals surface area contributed by atoms with Gasteiger partial charge in [-0.1, -0.05) is 11.8 Å².